The van der Waals surface area contributed by atoms with Crippen LogP contribution in [0.15, 0.2) is 48.6 Å². The van der Waals surface area contributed by atoms with Crippen LogP contribution in [0.4, 0.5) is 0 Å². The van der Waals surface area contributed by atoms with Crippen LogP contribution in [0.5, 0.6) is 0 Å². The van der Waals surface area contributed by atoms with Gasteiger partial charge in [0.1, 0.15) is 6.79 Å². The van der Waals surface area contributed by atoms with Crippen molar-refractivity contribution in [2.45, 2.75) is 25.0 Å². The Labute approximate surface area is 137 Å². The average molecular weight is 308 g/mol. The molecule has 0 amide bonds. The molecule has 6 rings (SSSR count). The van der Waals surface area contributed by atoms with Gasteiger partial charge in [-0.3, -0.25) is 0 Å². The van der Waals surface area contributed by atoms with Crippen LogP contribution in [-0.2, 0) is 9.47 Å². The van der Waals surface area contributed by atoms with Crippen LogP contribution in [-0.4, -0.2) is 19.0 Å². The van der Waals surface area contributed by atoms with Gasteiger partial charge in [-0.15, -0.1) is 0 Å². The second-order valence-corrected chi connectivity index (χ2v) is 8.36. The molecule has 4 bridgehead atoms. The van der Waals surface area contributed by atoms with Crippen LogP contribution in [0.25, 0.3) is 0 Å². The molecule has 0 heterocycles. The van der Waals surface area contributed by atoms with Crippen molar-refractivity contribution < 1.29 is 9.47 Å². The topological polar surface area (TPSA) is 18.5 Å². The van der Waals surface area contributed by atoms with E-state index < -0.39 is 0 Å². The highest BCUT2D eigenvalue weighted by atomic mass is 16.7. The summed E-state index contributed by atoms with van der Waals surface area (Å²) in [7, 11) is 0. The summed E-state index contributed by atoms with van der Waals surface area (Å²) >= 11 is 0. The van der Waals surface area contributed by atoms with Gasteiger partial charge >= 0.3 is 0 Å². The number of fused-ring (bicyclic) bond motifs is 10. The molecule has 120 valence electrons. The number of rotatable bonds is 4. The largest absolute Gasteiger partial charge is 0.348 e. The second kappa shape index (κ2) is 4.70. The highest BCUT2D eigenvalue weighted by Crippen LogP contribution is 2.54. The lowest BCUT2D eigenvalue weighted by atomic mass is 9.84. The maximum atomic E-state index is 6.17. The molecule has 2 saturated carbocycles. The van der Waals surface area contributed by atoms with Crippen molar-refractivity contribution in [1.29, 1.82) is 0 Å². The molecule has 0 radical (unpaired) electrons. The molecule has 0 saturated heterocycles. The molecule has 2 fully saturated rings. The highest BCUT2D eigenvalue weighted by Gasteiger charge is 2.50. The Kier molecular flexibility index (Phi) is 2.70. The molecule has 6 aliphatic rings. The first kappa shape index (κ1) is 13.2. The van der Waals surface area contributed by atoms with Gasteiger partial charge in [-0.05, 0) is 48.3 Å². The van der Waals surface area contributed by atoms with E-state index in [0.717, 1.165) is 35.5 Å². The molecule has 0 aromatic heterocycles. The average Bonchev–Trinajstić information content (AvgIpc) is 3.35. The molecule has 4 unspecified atom stereocenters. The quantitative estimate of drug-likeness (QED) is 0.582. The van der Waals surface area contributed by atoms with Crippen molar-refractivity contribution in [2.24, 2.45) is 47.3 Å². The van der Waals surface area contributed by atoms with Gasteiger partial charge < -0.3 is 9.47 Å². The molecule has 10 atom stereocenters. The zero-order chi connectivity index (χ0) is 15.0. The van der Waals surface area contributed by atoms with E-state index in [1.807, 2.05) is 0 Å². The van der Waals surface area contributed by atoms with Gasteiger partial charge in [0.05, 0.1) is 12.2 Å². The summed E-state index contributed by atoms with van der Waals surface area (Å²) in [5.41, 5.74) is 0. The molecule has 0 N–H and O–H groups in total. The van der Waals surface area contributed by atoms with Gasteiger partial charge in [-0.1, -0.05) is 48.6 Å². The van der Waals surface area contributed by atoms with E-state index in [1.54, 1.807) is 0 Å². The molecular formula is C21H24O2. The number of hydrogen-bond acceptors (Lipinski definition) is 2. The first-order valence-electron chi connectivity index (χ1n) is 9.35. The maximum Gasteiger partial charge on any atom is 0.148 e. The normalized spacial score (nSPS) is 56.2. The van der Waals surface area contributed by atoms with Gasteiger partial charge in [0, 0.05) is 11.8 Å². The lowest BCUT2D eigenvalue weighted by Gasteiger charge is -2.28. The monoisotopic (exact) mass is 308 g/mol. The van der Waals surface area contributed by atoms with E-state index >= 15 is 0 Å². The minimum absolute atomic E-state index is 0.265. The lowest BCUT2D eigenvalue weighted by molar-refractivity contribution is -0.122. The van der Waals surface area contributed by atoms with E-state index in [1.165, 1.54) is 12.8 Å². The summed E-state index contributed by atoms with van der Waals surface area (Å²) in [5.74, 6) is 5.80. The van der Waals surface area contributed by atoms with Crippen LogP contribution < -0.4 is 0 Å². The molecule has 0 aliphatic heterocycles. The third kappa shape index (κ3) is 1.77. The van der Waals surface area contributed by atoms with Gasteiger partial charge in [-0.2, -0.15) is 0 Å². The van der Waals surface area contributed by atoms with E-state index in [4.69, 9.17) is 9.47 Å². The van der Waals surface area contributed by atoms with Crippen molar-refractivity contribution in [1.82, 2.24) is 0 Å². The minimum Gasteiger partial charge on any atom is -0.348 e. The van der Waals surface area contributed by atoms with Crippen LogP contribution in [0.1, 0.15) is 12.8 Å². The zero-order valence-corrected chi connectivity index (χ0v) is 13.3. The van der Waals surface area contributed by atoms with Crippen LogP contribution in [0.3, 0.4) is 0 Å². The molecule has 6 aliphatic carbocycles. The van der Waals surface area contributed by atoms with Crippen LogP contribution in [0, 0.1) is 47.3 Å². The molecule has 0 spiro atoms. The summed E-state index contributed by atoms with van der Waals surface area (Å²) in [6.45, 7) is 0.443. The van der Waals surface area contributed by atoms with Crippen LogP contribution in [0.2, 0.25) is 0 Å². The number of allylic oxidation sites excluding steroid dienone is 6. The minimum atomic E-state index is 0.265. The fourth-order valence-electron chi connectivity index (χ4n) is 6.53. The molecule has 23 heavy (non-hydrogen) atoms. The first-order chi connectivity index (χ1) is 11.4. The van der Waals surface area contributed by atoms with Gasteiger partial charge in [0.15, 0.2) is 0 Å². The van der Waals surface area contributed by atoms with Crippen molar-refractivity contribution in [3.05, 3.63) is 48.6 Å². The molecule has 0 aromatic rings. The Balaban J connectivity index is 1.08. The van der Waals surface area contributed by atoms with Crippen molar-refractivity contribution in [2.75, 3.05) is 6.79 Å². The summed E-state index contributed by atoms with van der Waals surface area (Å²) in [6, 6.07) is 0. The number of ether oxygens (including phenoxy) is 2. The third-order valence-electron chi connectivity index (χ3n) is 7.49. The van der Waals surface area contributed by atoms with E-state index in [2.05, 4.69) is 48.6 Å². The predicted molar refractivity (Wildman–Crippen MR) is 88.3 cm³/mol. The van der Waals surface area contributed by atoms with Gasteiger partial charge in [0.2, 0.25) is 0 Å². The van der Waals surface area contributed by atoms with E-state index in [9.17, 15) is 0 Å². The molecule has 0 aromatic carbocycles. The second-order valence-electron chi connectivity index (χ2n) is 8.36. The van der Waals surface area contributed by atoms with Crippen LogP contribution >= 0.6 is 0 Å². The summed E-state index contributed by atoms with van der Waals surface area (Å²) in [4.78, 5) is 0. The summed E-state index contributed by atoms with van der Waals surface area (Å²) in [5, 5.41) is 0. The van der Waals surface area contributed by atoms with Crippen molar-refractivity contribution in [3.63, 3.8) is 0 Å². The SMILES string of the molecule is C1=CC2CC1[C@@H]1[C@@H](OCO[C@@H]3C=C[C@H]4C5C=CC(C5)[C@@H]34)C=C[C@H]21. The van der Waals surface area contributed by atoms with Gasteiger partial charge in [0.25, 0.3) is 0 Å². The fraction of sp³-hybridized carbons (Fsp3) is 0.619. The maximum absolute atomic E-state index is 6.17. The zero-order valence-electron chi connectivity index (χ0n) is 13.3. The molecule has 2 nitrogen and oxygen atoms in total. The predicted octanol–water partition coefficient (Wildman–Crippen LogP) is 3.73. The summed E-state index contributed by atoms with van der Waals surface area (Å²) in [6.07, 6.45) is 22.3. The third-order valence-corrected chi connectivity index (χ3v) is 7.49. The smallest absolute Gasteiger partial charge is 0.148 e. The molecular weight excluding hydrogens is 284 g/mol. The number of hydrogen-bond donors (Lipinski definition) is 0. The lowest BCUT2D eigenvalue weighted by Crippen LogP contribution is -2.30. The Morgan fingerprint density at radius 1 is 0.565 bits per heavy atom. The Morgan fingerprint density at radius 2 is 1.04 bits per heavy atom. The first-order valence-corrected chi connectivity index (χ1v) is 9.35. The Hall–Kier alpha value is -1.12. The molecule has 2 heteroatoms. The van der Waals surface area contributed by atoms with E-state index in [-0.39, 0.29) is 12.2 Å². The van der Waals surface area contributed by atoms with Crippen molar-refractivity contribution >= 4 is 0 Å². The Morgan fingerprint density at radius 3 is 1.57 bits per heavy atom. The standard InChI is InChI=1S/C21H24O2/c1-3-14-9-12(1)16-5-7-18(20(14)16)22-11-23-19-8-6-17-13-2-4-15(10-13)21(17)19/h1-8,12-21H,9-11H2/t12?,13?,14?,15?,16-,17+,18+,19-,20+,21-. The summed E-state index contributed by atoms with van der Waals surface area (Å²) < 4.78 is 12.3. The fourth-order valence-corrected chi connectivity index (χ4v) is 6.53. The highest BCUT2D eigenvalue weighted by molar-refractivity contribution is 5.26. The Bertz CT molecular complexity index is 576. The van der Waals surface area contributed by atoms with E-state index in [0.29, 0.717) is 18.6 Å². The van der Waals surface area contributed by atoms with Gasteiger partial charge in [-0.25, -0.2) is 0 Å². The van der Waals surface area contributed by atoms with Crippen molar-refractivity contribution in [3.8, 4) is 0 Å².